The topological polar surface area (TPSA) is 88.0 Å². The van der Waals surface area contributed by atoms with Crippen molar-refractivity contribution in [2.45, 2.75) is 26.3 Å². The smallest absolute Gasteiger partial charge is 0.240 e. The van der Waals surface area contributed by atoms with Gasteiger partial charge in [0.25, 0.3) is 0 Å². The number of fused-ring (bicyclic) bond motifs is 1. The van der Waals surface area contributed by atoms with Crippen molar-refractivity contribution < 1.29 is 9.59 Å². The number of carbonyl (C=O) groups excluding carboxylic acids is 2. The molecule has 1 aromatic carbocycles. The molecule has 1 unspecified atom stereocenters. The van der Waals surface area contributed by atoms with Crippen LogP contribution in [0.25, 0.3) is 10.9 Å². The Morgan fingerprint density at radius 2 is 2.00 bits per heavy atom. The maximum Gasteiger partial charge on any atom is 0.240 e. The van der Waals surface area contributed by atoms with Crippen LogP contribution in [0.15, 0.2) is 30.5 Å². The molecule has 4 N–H and O–H groups in total. The van der Waals surface area contributed by atoms with Crippen molar-refractivity contribution >= 4 is 22.7 Å². The molecule has 0 aliphatic heterocycles. The van der Waals surface area contributed by atoms with Crippen molar-refractivity contribution in [3.05, 3.63) is 36.0 Å². The normalized spacial score (nSPS) is 12.6. The zero-order valence-electron chi connectivity index (χ0n) is 11.6. The number of hydrogen-bond donors (Lipinski definition) is 3. The van der Waals surface area contributed by atoms with E-state index in [1.807, 2.05) is 30.5 Å². The van der Waals surface area contributed by atoms with Crippen LogP contribution in [-0.2, 0) is 16.0 Å². The van der Waals surface area contributed by atoms with E-state index in [1.165, 1.54) is 0 Å². The molecule has 5 nitrogen and oxygen atoms in total. The number of primary amides is 1. The van der Waals surface area contributed by atoms with Crippen molar-refractivity contribution in [1.29, 1.82) is 0 Å². The Kier molecular flexibility index (Phi) is 4.08. The molecule has 20 heavy (non-hydrogen) atoms. The Morgan fingerprint density at radius 1 is 1.30 bits per heavy atom. The van der Waals surface area contributed by atoms with Gasteiger partial charge in [-0.2, -0.15) is 0 Å². The highest BCUT2D eigenvalue weighted by atomic mass is 16.2. The average Bonchev–Trinajstić information content (AvgIpc) is 2.81. The molecular formula is C15H19N3O2. The molecule has 0 fully saturated rings. The summed E-state index contributed by atoms with van der Waals surface area (Å²) in [6, 6.07) is 7.12. The Bertz CT molecular complexity index is 631. The van der Waals surface area contributed by atoms with Gasteiger partial charge >= 0.3 is 0 Å². The molecular weight excluding hydrogens is 254 g/mol. The molecule has 0 aliphatic carbocycles. The van der Waals surface area contributed by atoms with Gasteiger partial charge in [0.05, 0.1) is 0 Å². The van der Waals surface area contributed by atoms with E-state index in [-0.39, 0.29) is 11.8 Å². The molecule has 1 heterocycles. The van der Waals surface area contributed by atoms with Gasteiger partial charge in [-0.3, -0.25) is 9.59 Å². The van der Waals surface area contributed by atoms with Gasteiger partial charge in [0.2, 0.25) is 11.8 Å². The Labute approximate surface area is 117 Å². The highest BCUT2D eigenvalue weighted by molar-refractivity contribution is 5.89. The van der Waals surface area contributed by atoms with E-state index >= 15 is 0 Å². The van der Waals surface area contributed by atoms with Crippen molar-refractivity contribution in [3.63, 3.8) is 0 Å². The molecule has 1 aromatic heterocycles. The van der Waals surface area contributed by atoms with Gasteiger partial charge in [-0.05, 0) is 11.6 Å². The molecule has 2 aromatic rings. The number of amides is 2. The molecule has 2 amide bonds. The lowest BCUT2D eigenvalue weighted by molar-refractivity contribution is -0.129. The third-order valence-electron chi connectivity index (χ3n) is 3.28. The lowest BCUT2D eigenvalue weighted by Crippen LogP contribution is -2.47. The van der Waals surface area contributed by atoms with Gasteiger partial charge in [-0.15, -0.1) is 0 Å². The van der Waals surface area contributed by atoms with Crippen LogP contribution in [0.3, 0.4) is 0 Å². The number of hydrogen-bond acceptors (Lipinski definition) is 2. The van der Waals surface area contributed by atoms with E-state index in [0.717, 1.165) is 16.5 Å². The number of rotatable bonds is 5. The monoisotopic (exact) mass is 273 g/mol. The predicted octanol–water partition coefficient (Wildman–Crippen LogP) is 1.34. The number of para-hydroxylation sites is 1. The molecule has 0 radical (unpaired) electrons. The highest BCUT2D eigenvalue weighted by Crippen LogP contribution is 2.19. The fraction of sp³-hybridized carbons (Fsp3) is 0.333. The predicted molar refractivity (Wildman–Crippen MR) is 78.0 cm³/mol. The van der Waals surface area contributed by atoms with Crippen LogP contribution < -0.4 is 11.1 Å². The van der Waals surface area contributed by atoms with Gasteiger partial charge in [-0.25, -0.2) is 0 Å². The SMILES string of the molecule is CC(C)C(=O)NC(Cc1c[nH]c2ccccc12)C(N)=O. The van der Waals surface area contributed by atoms with Crippen molar-refractivity contribution in [2.24, 2.45) is 11.7 Å². The van der Waals surface area contributed by atoms with Crippen LogP contribution >= 0.6 is 0 Å². The lowest BCUT2D eigenvalue weighted by Gasteiger charge is -2.16. The Morgan fingerprint density at radius 3 is 2.65 bits per heavy atom. The second-order valence-corrected chi connectivity index (χ2v) is 5.18. The number of nitrogens with one attached hydrogen (secondary N) is 2. The van der Waals surface area contributed by atoms with Crippen LogP contribution in [-0.4, -0.2) is 22.8 Å². The van der Waals surface area contributed by atoms with Crippen LogP contribution in [0.5, 0.6) is 0 Å². The lowest BCUT2D eigenvalue weighted by atomic mass is 10.0. The number of carbonyl (C=O) groups is 2. The quantitative estimate of drug-likeness (QED) is 0.767. The third-order valence-corrected chi connectivity index (χ3v) is 3.28. The second kappa shape index (κ2) is 5.77. The van der Waals surface area contributed by atoms with Crippen LogP contribution in [0, 0.1) is 5.92 Å². The van der Waals surface area contributed by atoms with Crippen LogP contribution in [0.2, 0.25) is 0 Å². The molecule has 0 spiro atoms. The van der Waals surface area contributed by atoms with Gasteiger partial charge in [0.1, 0.15) is 6.04 Å². The van der Waals surface area contributed by atoms with Crippen molar-refractivity contribution in [3.8, 4) is 0 Å². The Hall–Kier alpha value is -2.30. The molecule has 5 heteroatoms. The standard InChI is InChI=1S/C15H19N3O2/c1-9(2)15(20)18-13(14(16)19)7-10-8-17-12-6-4-3-5-11(10)12/h3-6,8-9,13,17H,7H2,1-2H3,(H2,16,19)(H,18,20). The molecule has 1 atom stereocenters. The molecule has 0 saturated heterocycles. The molecule has 0 saturated carbocycles. The summed E-state index contributed by atoms with van der Waals surface area (Å²) in [5, 5.41) is 3.73. The maximum absolute atomic E-state index is 11.7. The van der Waals surface area contributed by atoms with E-state index in [9.17, 15) is 9.59 Å². The van der Waals surface area contributed by atoms with Crippen molar-refractivity contribution in [1.82, 2.24) is 10.3 Å². The minimum atomic E-state index is -0.691. The fourth-order valence-electron chi connectivity index (χ4n) is 2.08. The molecule has 106 valence electrons. The summed E-state index contributed by atoms with van der Waals surface area (Å²) in [7, 11) is 0. The summed E-state index contributed by atoms with van der Waals surface area (Å²) in [6.45, 7) is 3.55. The number of benzene rings is 1. The minimum absolute atomic E-state index is 0.173. The fourth-order valence-corrected chi connectivity index (χ4v) is 2.08. The largest absolute Gasteiger partial charge is 0.368 e. The first-order valence-electron chi connectivity index (χ1n) is 6.63. The summed E-state index contributed by atoms with van der Waals surface area (Å²) >= 11 is 0. The molecule has 0 aliphatic rings. The zero-order valence-corrected chi connectivity index (χ0v) is 11.6. The Balaban J connectivity index is 2.20. The summed E-state index contributed by atoms with van der Waals surface area (Å²) in [6.07, 6.45) is 2.24. The minimum Gasteiger partial charge on any atom is -0.368 e. The molecule has 0 bridgehead atoms. The van der Waals surface area contributed by atoms with Gasteiger partial charge in [0, 0.05) is 29.4 Å². The number of H-pyrrole nitrogens is 1. The first-order chi connectivity index (χ1) is 9.49. The second-order valence-electron chi connectivity index (χ2n) is 5.18. The summed E-state index contributed by atoms with van der Waals surface area (Å²) < 4.78 is 0. The van der Waals surface area contributed by atoms with E-state index < -0.39 is 11.9 Å². The average molecular weight is 273 g/mol. The van der Waals surface area contributed by atoms with E-state index in [1.54, 1.807) is 13.8 Å². The zero-order chi connectivity index (χ0) is 14.7. The van der Waals surface area contributed by atoms with Gasteiger partial charge in [-0.1, -0.05) is 32.0 Å². The number of nitrogens with two attached hydrogens (primary N) is 1. The van der Waals surface area contributed by atoms with Crippen molar-refractivity contribution in [2.75, 3.05) is 0 Å². The van der Waals surface area contributed by atoms with Gasteiger partial charge < -0.3 is 16.0 Å². The third kappa shape index (κ3) is 2.99. The summed E-state index contributed by atoms with van der Waals surface area (Å²) in [4.78, 5) is 26.4. The summed E-state index contributed by atoms with van der Waals surface area (Å²) in [5.41, 5.74) is 7.35. The van der Waals surface area contributed by atoms with Crippen LogP contribution in [0.4, 0.5) is 0 Å². The highest BCUT2D eigenvalue weighted by Gasteiger charge is 2.21. The number of aromatic nitrogens is 1. The van der Waals surface area contributed by atoms with E-state index in [2.05, 4.69) is 10.3 Å². The van der Waals surface area contributed by atoms with Gasteiger partial charge in [0.15, 0.2) is 0 Å². The number of aromatic amines is 1. The first-order valence-corrected chi connectivity index (χ1v) is 6.63. The first kappa shape index (κ1) is 14.1. The van der Waals surface area contributed by atoms with Crippen LogP contribution in [0.1, 0.15) is 19.4 Å². The van der Waals surface area contributed by atoms with E-state index in [0.29, 0.717) is 6.42 Å². The molecule has 2 rings (SSSR count). The summed E-state index contributed by atoms with van der Waals surface area (Å²) in [5.74, 6) is -0.877. The van der Waals surface area contributed by atoms with E-state index in [4.69, 9.17) is 5.73 Å². The maximum atomic E-state index is 11.7.